The highest BCUT2D eigenvalue weighted by Gasteiger charge is 2.10. The Labute approximate surface area is 106 Å². The zero-order valence-electron chi connectivity index (χ0n) is 10.3. The van der Waals surface area contributed by atoms with E-state index >= 15 is 0 Å². The SMILES string of the molecule is C#Cc1cc(Oc2cncnc2)c(C(C)C)cn1. The number of rotatable bonds is 3. The third-order valence-electron chi connectivity index (χ3n) is 2.43. The maximum absolute atomic E-state index is 5.75. The predicted molar refractivity (Wildman–Crippen MR) is 68.4 cm³/mol. The molecule has 4 heteroatoms. The lowest BCUT2D eigenvalue weighted by molar-refractivity contribution is 0.467. The molecule has 0 N–H and O–H groups in total. The van der Waals surface area contributed by atoms with Crippen LogP contribution in [0.2, 0.25) is 0 Å². The standard InChI is InChI=1S/C14H13N3O/c1-4-11-5-14(13(8-17-11)10(2)3)18-12-6-15-9-16-7-12/h1,5-10H,2-3H3. The minimum atomic E-state index is 0.295. The van der Waals surface area contributed by atoms with E-state index in [2.05, 4.69) is 34.7 Å². The molecule has 0 radical (unpaired) electrons. The third kappa shape index (κ3) is 2.64. The van der Waals surface area contributed by atoms with Crippen molar-refractivity contribution in [3.05, 3.63) is 42.2 Å². The number of terminal acetylenes is 1. The van der Waals surface area contributed by atoms with Crippen LogP contribution in [0.3, 0.4) is 0 Å². The van der Waals surface area contributed by atoms with Crippen molar-refractivity contribution in [1.82, 2.24) is 15.0 Å². The van der Waals surface area contributed by atoms with Gasteiger partial charge < -0.3 is 4.74 Å². The van der Waals surface area contributed by atoms with Crippen LogP contribution >= 0.6 is 0 Å². The molecule has 0 bridgehead atoms. The van der Waals surface area contributed by atoms with E-state index in [9.17, 15) is 0 Å². The summed E-state index contributed by atoms with van der Waals surface area (Å²) in [4.78, 5) is 12.0. The van der Waals surface area contributed by atoms with E-state index in [1.165, 1.54) is 6.33 Å². The molecule has 0 aromatic carbocycles. The van der Waals surface area contributed by atoms with E-state index in [1.54, 1.807) is 24.7 Å². The molecule has 2 rings (SSSR count). The van der Waals surface area contributed by atoms with Gasteiger partial charge in [0, 0.05) is 17.8 Å². The summed E-state index contributed by atoms with van der Waals surface area (Å²) >= 11 is 0. The Morgan fingerprint density at radius 1 is 1.22 bits per heavy atom. The van der Waals surface area contributed by atoms with Gasteiger partial charge in [0.15, 0.2) is 5.75 Å². The van der Waals surface area contributed by atoms with Crippen molar-refractivity contribution < 1.29 is 4.74 Å². The maximum Gasteiger partial charge on any atom is 0.164 e. The van der Waals surface area contributed by atoms with Crippen molar-refractivity contribution in [2.24, 2.45) is 0 Å². The van der Waals surface area contributed by atoms with Gasteiger partial charge in [-0.15, -0.1) is 6.42 Å². The molecule has 0 aliphatic carbocycles. The van der Waals surface area contributed by atoms with Gasteiger partial charge in [0.05, 0.1) is 12.4 Å². The van der Waals surface area contributed by atoms with Crippen molar-refractivity contribution >= 4 is 0 Å². The number of hydrogen-bond acceptors (Lipinski definition) is 4. The lowest BCUT2D eigenvalue weighted by atomic mass is 10.0. The fraction of sp³-hybridized carbons (Fsp3) is 0.214. The van der Waals surface area contributed by atoms with Gasteiger partial charge in [0.2, 0.25) is 0 Å². The van der Waals surface area contributed by atoms with Gasteiger partial charge in [-0.25, -0.2) is 15.0 Å². The van der Waals surface area contributed by atoms with Gasteiger partial charge in [-0.2, -0.15) is 0 Å². The number of nitrogens with zero attached hydrogens (tertiary/aromatic N) is 3. The molecule has 2 heterocycles. The topological polar surface area (TPSA) is 47.9 Å². The van der Waals surface area contributed by atoms with Gasteiger partial charge in [-0.3, -0.25) is 0 Å². The molecule has 0 unspecified atom stereocenters. The first kappa shape index (κ1) is 12.1. The van der Waals surface area contributed by atoms with Gasteiger partial charge in [0.1, 0.15) is 17.8 Å². The van der Waals surface area contributed by atoms with Crippen LogP contribution in [-0.4, -0.2) is 15.0 Å². The second-order valence-electron chi connectivity index (χ2n) is 4.08. The van der Waals surface area contributed by atoms with Crippen molar-refractivity contribution in [2.45, 2.75) is 19.8 Å². The van der Waals surface area contributed by atoms with Crippen LogP contribution in [0.5, 0.6) is 11.5 Å². The zero-order chi connectivity index (χ0) is 13.0. The number of aromatic nitrogens is 3. The summed E-state index contributed by atoms with van der Waals surface area (Å²) in [6.45, 7) is 4.14. The van der Waals surface area contributed by atoms with E-state index in [0.29, 0.717) is 23.1 Å². The summed E-state index contributed by atoms with van der Waals surface area (Å²) in [5, 5.41) is 0. The van der Waals surface area contributed by atoms with Crippen LogP contribution in [0.4, 0.5) is 0 Å². The summed E-state index contributed by atoms with van der Waals surface area (Å²) < 4.78 is 5.75. The molecule has 0 aliphatic rings. The molecular weight excluding hydrogens is 226 g/mol. The largest absolute Gasteiger partial charge is 0.454 e. The number of pyridine rings is 1. The first-order chi connectivity index (χ1) is 8.70. The summed E-state index contributed by atoms with van der Waals surface area (Å²) in [5.41, 5.74) is 1.55. The summed E-state index contributed by atoms with van der Waals surface area (Å²) in [6, 6.07) is 1.75. The summed E-state index contributed by atoms with van der Waals surface area (Å²) in [7, 11) is 0. The molecular formula is C14H13N3O. The van der Waals surface area contributed by atoms with Crippen LogP contribution < -0.4 is 4.74 Å². The molecule has 18 heavy (non-hydrogen) atoms. The summed E-state index contributed by atoms with van der Waals surface area (Å²) in [5.74, 6) is 4.07. The lowest BCUT2D eigenvalue weighted by Gasteiger charge is -2.13. The van der Waals surface area contributed by atoms with Gasteiger partial charge >= 0.3 is 0 Å². The zero-order valence-corrected chi connectivity index (χ0v) is 10.3. The highest BCUT2D eigenvalue weighted by atomic mass is 16.5. The minimum Gasteiger partial charge on any atom is -0.454 e. The predicted octanol–water partition coefficient (Wildman–Crippen LogP) is 2.77. The quantitative estimate of drug-likeness (QED) is 0.773. The fourth-order valence-electron chi connectivity index (χ4n) is 1.51. The Balaban J connectivity index is 2.39. The monoisotopic (exact) mass is 239 g/mol. The molecule has 0 saturated carbocycles. The molecule has 0 amide bonds. The van der Waals surface area contributed by atoms with Crippen LogP contribution in [0.1, 0.15) is 31.0 Å². The second kappa shape index (κ2) is 5.28. The average Bonchev–Trinajstić information content (AvgIpc) is 2.39. The molecule has 0 aliphatic heterocycles. The molecule has 2 aromatic heterocycles. The normalized spacial score (nSPS) is 10.1. The van der Waals surface area contributed by atoms with Gasteiger partial charge in [0.25, 0.3) is 0 Å². The second-order valence-corrected chi connectivity index (χ2v) is 4.08. The van der Waals surface area contributed by atoms with Crippen molar-refractivity contribution in [1.29, 1.82) is 0 Å². The molecule has 90 valence electrons. The van der Waals surface area contributed by atoms with E-state index < -0.39 is 0 Å². The molecule has 2 aromatic rings. The molecule has 0 saturated heterocycles. The highest BCUT2D eigenvalue weighted by molar-refractivity contribution is 5.42. The van der Waals surface area contributed by atoms with E-state index in [0.717, 1.165) is 5.56 Å². The maximum atomic E-state index is 5.75. The molecule has 0 spiro atoms. The van der Waals surface area contributed by atoms with E-state index in [1.807, 2.05) is 0 Å². The van der Waals surface area contributed by atoms with Crippen molar-refractivity contribution in [3.63, 3.8) is 0 Å². The minimum absolute atomic E-state index is 0.295. The molecule has 4 nitrogen and oxygen atoms in total. The Morgan fingerprint density at radius 2 is 1.94 bits per heavy atom. The molecule has 0 fully saturated rings. The van der Waals surface area contributed by atoms with Crippen LogP contribution in [0.25, 0.3) is 0 Å². The fourth-order valence-corrected chi connectivity index (χ4v) is 1.51. The Bertz CT molecular complexity index is 573. The van der Waals surface area contributed by atoms with Crippen LogP contribution in [0, 0.1) is 12.3 Å². The first-order valence-electron chi connectivity index (χ1n) is 5.60. The van der Waals surface area contributed by atoms with Crippen LogP contribution in [-0.2, 0) is 0 Å². The molecule has 0 atom stereocenters. The average molecular weight is 239 g/mol. The Morgan fingerprint density at radius 3 is 2.56 bits per heavy atom. The van der Waals surface area contributed by atoms with E-state index in [-0.39, 0.29) is 0 Å². The van der Waals surface area contributed by atoms with Crippen molar-refractivity contribution in [3.8, 4) is 23.8 Å². The lowest BCUT2D eigenvalue weighted by Crippen LogP contribution is -1.97. The van der Waals surface area contributed by atoms with Crippen LogP contribution in [0.15, 0.2) is 31.0 Å². The summed E-state index contributed by atoms with van der Waals surface area (Å²) in [6.07, 6.45) is 11.8. The number of ether oxygens (including phenoxy) is 1. The number of hydrogen-bond donors (Lipinski definition) is 0. The first-order valence-corrected chi connectivity index (χ1v) is 5.60. The van der Waals surface area contributed by atoms with Gasteiger partial charge in [-0.05, 0) is 5.92 Å². The highest BCUT2D eigenvalue weighted by Crippen LogP contribution is 2.29. The smallest absolute Gasteiger partial charge is 0.164 e. The van der Waals surface area contributed by atoms with E-state index in [4.69, 9.17) is 11.2 Å². The Kier molecular flexibility index (Phi) is 3.54. The third-order valence-corrected chi connectivity index (χ3v) is 2.43. The van der Waals surface area contributed by atoms with Gasteiger partial charge in [-0.1, -0.05) is 19.8 Å². The Hall–Kier alpha value is -2.41. The van der Waals surface area contributed by atoms with Crippen molar-refractivity contribution in [2.75, 3.05) is 0 Å².